The fraction of sp³-hybridized carbons (Fsp3) is 0.294. The smallest absolute Gasteiger partial charge is 0.241 e. The van der Waals surface area contributed by atoms with Gasteiger partial charge in [-0.3, -0.25) is 4.79 Å². The van der Waals surface area contributed by atoms with Crippen LogP contribution in [0.25, 0.3) is 0 Å². The van der Waals surface area contributed by atoms with Crippen molar-refractivity contribution in [1.82, 2.24) is 35.0 Å². The van der Waals surface area contributed by atoms with Crippen LogP contribution in [0.1, 0.15) is 11.4 Å². The van der Waals surface area contributed by atoms with E-state index < -0.39 is 0 Å². The molecule has 0 unspecified atom stereocenters. The molecule has 0 radical (unpaired) electrons. The Hall–Kier alpha value is -3.56. The van der Waals surface area contributed by atoms with E-state index >= 15 is 0 Å². The summed E-state index contributed by atoms with van der Waals surface area (Å²) in [5.74, 6) is 2.54. The lowest BCUT2D eigenvalue weighted by molar-refractivity contribution is -0.121. The largest absolute Gasteiger partial charge is 0.368 e. The predicted molar refractivity (Wildman–Crippen MR) is 101 cm³/mol. The van der Waals surface area contributed by atoms with Gasteiger partial charge in [-0.25, -0.2) is 24.6 Å². The summed E-state index contributed by atoms with van der Waals surface area (Å²) < 4.78 is 1.47. The van der Waals surface area contributed by atoms with Gasteiger partial charge in [-0.1, -0.05) is 0 Å². The van der Waals surface area contributed by atoms with Crippen molar-refractivity contribution < 1.29 is 4.79 Å². The molecule has 1 amide bonds. The summed E-state index contributed by atoms with van der Waals surface area (Å²) in [6.45, 7) is 4.95. The number of anilines is 3. The highest BCUT2D eigenvalue weighted by Gasteiger charge is 2.05. The third-order valence-corrected chi connectivity index (χ3v) is 3.53. The maximum absolute atomic E-state index is 11.8. The number of hydrogen-bond acceptors (Lipinski definition) is 8. The SMILES string of the molecule is Cc1ccnc(Nc2cc(NCCNC(=O)Cn3cncn3)nc(C)n2)c1. The van der Waals surface area contributed by atoms with Crippen molar-refractivity contribution >= 4 is 23.4 Å². The van der Waals surface area contributed by atoms with Crippen molar-refractivity contribution in [3.05, 3.63) is 48.4 Å². The number of rotatable bonds is 8. The number of nitrogens with one attached hydrogen (secondary N) is 3. The minimum atomic E-state index is -0.131. The fourth-order valence-corrected chi connectivity index (χ4v) is 2.37. The fourth-order valence-electron chi connectivity index (χ4n) is 2.37. The van der Waals surface area contributed by atoms with Gasteiger partial charge in [-0.15, -0.1) is 0 Å². The maximum Gasteiger partial charge on any atom is 0.241 e. The second-order valence-electron chi connectivity index (χ2n) is 5.90. The number of aryl methyl sites for hydroxylation is 2. The van der Waals surface area contributed by atoms with Gasteiger partial charge in [-0.2, -0.15) is 5.10 Å². The van der Waals surface area contributed by atoms with Gasteiger partial charge in [0.1, 0.15) is 42.5 Å². The molecule has 10 heteroatoms. The molecule has 10 nitrogen and oxygen atoms in total. The molecule has 0 bridgehead atoms. The number of amides is 1. The first-order chi connectivity index (χ1) is 13.1. The summed E-state index contributed by atoms with van der Waals surface area (Å²) >= 11 is 0. The quantitative estimate of drug-likeness (QED) is 0.505. The van der Waals surface area contributed by atoms with Crippen molar-refractivity contribution in [1.29, 1.82) is 0 Å². The summed E-state index contributed by atoms with van der Waals surface area (Å²) in [5, 5.41) is 13.0. The highest BCUT2D eigenvalue weighted by atomic mass is 16.2. The zero-order chi connectivity index (χ0) is 19.1. The van der Waals surface area contributed by atoms with Crippen LogP contribution in [0.15, 0.2) is 37.1 Å². The number of aromatic nitrogens is 6. The summed E-state index contributed by atoms with van der Waals surface area (Å²) in [5.41, 5.74) is 1.11. The van der Waals surface area contributed by atoms with Gasteiger partial charge in [0, 0.05) is 25.4 Å². The van der Waals surface area contributed by atoms with Crippen LogP contribution >= 0.6 is 0 Å². The van der Waals surface area contributed by atoms with Gasteiger partial charge in [0.25, 0.3) is 0 Å². The minimum absolute atomic E-state index is 0.131. The molecule has 0 spiro atoms. The van der Waals surface area contributed by atoms with Crippen LogP contribution in [-0.4, -0.2) is 48.7 Å². The van der Waals surface area contributed by atoms with Crippen LogP contribution in [0, 0.1) is 13.8 Å². The molecule has 3 rings (SSSR count). The second kappa shape index (κ2) is 8.70. The monoisotopic (exact) mass is 367 g/mol. The second-order valence-corrected chi connectivity index (χ2v) is 5.90. The summed E-state index contributed by atoms with van der Waals surface area (Å²) in [6, 6.07) is 5.67. The van der Waals surface area contributed by atoms with Crippen LogP contribution in [0.2, 0.25) is 0 Å². The lowest BCUT2D eigenvalue weighted by Crippen LogP contribution is -2.31. The van der Waals surface area contributed by atoms with Gasteiger partial charge < -0.3 is 16.0 Å². The van der Waals surface area contributed by atoms with Crippen LogP contribution in [0.3, 0.4) is 0 Å². The Bertz CT molecular complexity index is 895. The minimum Gasteiger partial charge on any atom is -0.368 e. The van der Waals surface area contributed by atoms with E-state index in [4.69, 9.17) is 0 Å². The summed E-state index contributed by atoms with van der Waals surface area (Å²) in [6.07, 6.45) is 4.64. The lowest BCUT2D eigenvalue weighted by Gasteiger charge is -2.10. The average molecular weight is 367 g/mol. The first-order valence-electron chi connectivity index (χ1n) is 8.47. The van der Waals surface area contributed by atoms with E-state index in [9.17, 15) is 4.79 Å². The number of hydrogen-bond donors (Lipinski definition) is 3. The lowest BCUT2D eigenvalue weighted by atomic mass is 10.3. The molecular formula is C17H21N9O. The topological polar surface area (TPSA) is 123 Å². The molecule has 0 saturated carbocycles. The third kappa shape index (κ3) is 5.73. The summed E-state index contributed by atoms with van der Waals surface area (Å²) in [4.78, 5) is 28.6. The number of carbonyl (C=O) groups excluding carboxylic acids is 1. The molecule has 140 valence electrons. The van der Waals surface area contributed by atoms with Crippen molar-refractivity contribution in [3.8, 4) is 0 Å². The molecule has 0 saturated heterocycles. The Labute approximate surface area is 156 Å². The van der Waals surface area contributed by atoms with Gasteiger partial charge in [0.05, 0.1) is 0 Å². The van der Waals surface area contributed by atoms with Crippen molar-refractivity contribution in [2.45, 2.75) is 20.4 Å². The van der Waals surface area contributed by atoms with Gasteiger partial charge >= 0.3 is 0 Å². The van der Waals surface area contributed by atoms with E-state index in [1.54, 1.807) is 12.3 Å². The number of nitrogens with zero attached hydrogens (tertiary/aromatic N) is 6. The number of carbonyl (C=O) groups is 1. The molecule has 0 aliphatic rings. The molecule has 3 aromatic heterocycles. The van der Waals surface area contributed by atoms with Crippen molar-refractivity contribution in [3.63, 3.8) is 0 Å². The first-order valence-corrected chi connectivity index (χ1v) is 8.47. The van der Waals surface area contributed by atoms with Crippen molar-refractivity contribution in [2.24, 2.45) is 0 Å². The van der Waals surface area contributed by atoms with E-state index in [1.165, 1.54) is 17.3 Å². The third-order valence-electron chi connectivity index (χ3n) is 3.53. The molecule has 0 aromatic carbocycles. The van der Waals surface area contributed by atoms with Crippen LogP contribution in [-0.2, 0) is 11.3 Å². The molecule has 3 heterocycles. The summed E-state index contributed by atoms with van der Waals surface area (Å²) in [7, 11) is 0. The first kappa shape index (κ1) is 18.2. The standard InChI is InChI=1S/C17H21N9O/c1-12-3-4-19-14(7-12)25-16-8-15(23-13(2)24-16)20-5-6-21-17(27)9-26-11-18-10-22-26/h3-4,7-8,10-11H,5-6,9H2,1-2H3,(H,21,27)(H2,19,20,23,24,25). The molecule has 0 fully saturated rings. The highest BCUT2D eigenvalue weighted by molar-refractivity contribution is 5.75. The molecule has 3 N–H and O–H groups in total. The Kier molecular flexibility index (Phi) is 5.87. The van der Waals surface area contributed by atoms with Crippen LogP contribution < -0.4 is 16.0 Å². The van der Waals surface area contributed by atoms with E-state index in [1.807, 2.05) is 26.0 Å². The Balaban J connectivity index is 1.49. The zero-order valence-electron chi connectivity index (χ0n) is 15.2. The van der Waals surface area contributed by atoms with Crippen molar-refractivity contribution in [2.75, 3.05) is 23.7 Å². The molecule has 0 aliphatic carbocycles. The Morgan fingerprint density at radius 1 is 1.11 bits per heavy atom. The Morgan fingerprint density at radius 3 is 2.74 bits per heavy atom. The molecule has 3 aromatic rings. The van der Waals surface area contributed by atoms with E-state index in [0.29, 0.717) is 30.5 Å². The van der Waals surface area contributed by atoms with Gasteiger partial charge in [-0.05, 0) is 31.5 Å². The van der Waals surface area contributed by atoms with E-state index in [2.05, 4.69) is 41.0 Å². The molecule has 0 aliphatic heterocycles. The van der Waals surface area contributed by atoms with Crippen LogP contribution in [0.5, 0.6) is 0 Å². The van der Waals surface area contributed by atoms with E-state index in [-0.39, 0.29) is 12.5 Å². The predicted octanol–water partition coefficient (Wildman–Crippen LogP) is 1.05. The van der Waals surface area contributed by atoms with E-state index in [0.717, 1.165) is 11.4 Å². The molecule has 27 heavy (non-hydrogen) atoms. The zero-order valence-corrected chi connectivity index (χ0v) is 15.2. The normalized spacial score (nSPS) is 10.4. The highest BCUT2D eigenvalue weighted by Crippen LogP contribution is 2.16. The van der Waals surface area contributed by atoms with Gasteiger partial charge in [0.15, 0.2) is 0 Å². The maximum atomic E-state index is 11.8. The average Bonchev–Trinajstić information content (AvgIpc) is 3.11. The van der Waals surface area contributed by atoms with Gasteiger partial charge in [0.2, 0.25) is 5.91 Å². The number of pyridine rings is 1. The van der Waals surface area contributed by atoms with Crippen LogP contribution in [0.4, 0.5) is 17.5 Å². The molecular weight excluding hydrogens is 346 g/mol. The Morgan fingerprint density at radius 2 is 1.96 bits per heavy atom. The molecule has 0 atom stereocenters.